The fraction of sp³-hybridized carbons (Fsp3) is 1.00. The van der Waals surface area contributed by atoms with Crippen LogP contribution in [0.2, 0.25) is 0 Å². The van der Waals surface area contributed by atoms with E-state index in [1.54, 1.807) is 6.92 Å². The summed E-state index contributed by atoms with van der Waals surface area (Å²) in [6.07, 6.45) is -0.317. The predicted molar refractivity (Wildman–Crippen MR) is 27.7 cm³/mol. The molecule has 0 unspecified atom stereocenters. The van der Waals surface area contributed by atoms with Crippen molar-refractivity contribution in [1.29, 1.82) is 0 Å². The molecule has 0 aliphatic heterocycles. The Morgan fingerprint density at radius 3 is 1.86 bits per heavy atom. The molecule has 2 N–H and O–H groups in total. The summed E-state index contributed by atoms with van der Waals surface area (Å²) in [4.78, 5) is 0. The molecule has 0 heterocycles. The summed E-state index contributed by atoms with van der Waals surface area (Å²) in [5, 5.41) is 16.8. The van der Waals surface area contributed by atoms with Crippen LogP contribution in [-0.2, 0) is 0 Å². The molecular weight excluding hydrogens is 92.1 g/mol. The van der Waals surface area contributed by atoms with Gasteiger partial charge in [-0.25, -0.2) is 0 Å². The average molecular weight is 104 g/mol. The normalized spacial score (nSPS) is 15.0. The molecule has 1 atom stereocenters. The second-order valence-electron chi connectivity index (χ2n) is 1.80. The Balaban J connectivity index is 3.14. The quantitative estimate of drug-likeness (QED) is 0.496. The van der Waals surface area contributed by atoms with Gasteiger partial charge in [0.1, 0.15) is 0 Å². The van der Waals surface area contributed by atoms with Crippen molar-refractivity contribution in [3.63, 3.8) is 0 Å². The molecule has 7 heavy (non-hydrogen) atoms. The highest BCUT2D eigenvalue weighted by Crippen LogP contribution is 2.02. The van der Waals surface area contributed by atoms with Crippen molar-refractivity contribution in [1.82, 2.24) is 0 Å². The van der Waals surface area contributed by atoms with E-state index in [0.717, 1.165) is 6.42 Å². The van der Waals surface area contributed by atoms with Gasteiger partial charge in [0.15, 0.2) is 6.29 Å². The molecule has 0 saturated carbocycles. The van der Waals surface area contributed by atoms with E-state index in [1.807, 2.05) is 6.92 Å². The first-order valence-electron chi connectivity index (χ1n) is 2.54. The van der Waals surface area contributed by atoms with Crippen molar-refractivity contribution < 1.29 is 10.2 Å². The second-order valence-corrected chi connectivity index (χ2v) is 1.80. The largest absolute Gasteiger partial charge is 0.368 e. The molecule has 0 bridgehead atoms. The van der Waals surface area contributed by atoms with Gasteiger partial charge >= 0.3 is 0 Å². The van der Waals surface area contributed by atoms with Gasteiger partial charge in [-0.05, 0) is 6.42 Å². The Bertz CT molecular complexity index is 43.3. The van der Waals surface area contributed by atoms with E-state index in [2.05, 4.69) is 0 Å². The molecule has 2 nitrogen and oxygen atoms in total. The van der Waals surface area contributed by atoms with E-state index < -0.39 is 6.29 Å². The fourth-order valence-corrected chi connectivity index (χ4v) is 0.211. The third kappa shape index (κ3) is 2.60. The van der Waals surface area contributed by atoms with Gasteiger partial charge in [-0.1, -0.05) is 13.8 Å². The molecule has 0 amide bonds. The Kier molecular flexibility index (Phi) is 2.96. The lowest BCUT2D eigenvalue weighted by Crippen LogP contribution is -2.14. The third-order valence-corrected chi connectivity index (χ3v) is 1.15. The van der Waals surface area contributed by atoms with Crippen LogP contribution in [0.3, 0.4) is 0 Å². The molecule has 2 heteroatoms. The molecule has 0 aliphatic carbocycles. The molecule has 0 aromatic rings. The Morgan fingerprint density at radius 2 is 1.86 bits per heavy atom. The molecule has 0 spiro atoms. The lowest BCUT2D eigenvalue weighted by atomic mass is 10.1. The Labute approximate surface area is 43.8 Å². The number of hydrogen-bond acceptors (Lipinski definition) is 2. The maximum atomic E-state index is 8.38. The van der Waals surface area contributed by atoms with Crippen LogP contribution in [-0.4, -0.2) is 16.5 Å². The average Bonchev–Trinajstić information content (AvgIpc) is 1.65. The van der Waals surface area contributed by atoms with Gasteiger partial charge in [-0.3, -0.25) is 0 Å². The van der Waals surface area contributed by atoms with Crippen LogP contribution in [0.25, 0.3) is 0 Å². The minimum atomic E-state index is -1.13. The highest BCUT2D eigenvalue weighted by molar-refractivity contribution is 4.47. The zero-order valence-electron chi connectivity index (χ0n) is 4.76. The van der Waals surface area contributed by atoms with Crippen molar-refractivity contribution in [2.75, 3.05) is 0 Å². The van der Waals surface area contributed by atoms with Crippen molar-refractivity contribution in [3.05, 3.63) is 0 Å². The summed E-state index contributed by atoms with van der Waals surface area (Å²) in [7, 11) is 0. The van der Waals surface area contributed by atoms with E-state index in [0.29, 0.717) is 0 Å². The summed E-state index contributed by atoms with van der Waals surface area (Å²) in [5.74, 6) is 0.0139. The lowest BCUT2D eigenvalue weighted by molar-refractivity contribution is -0.0790. The van der Waals surface area contributed by atoms with Crippen molar-refractivity contribution >= 4 is 0 Å². The highest BCUT2D eigenvalue weighted by Gasteiger charge is 2.05. The third-order valence-electron chi connectivity index (χ3n) is 1.15. The molecule has 0 rings (SSSR count). The Hall–Kier alpha value is -0.0800. The minimum Gasteiger partial charge on any atom is -0.368 e. The molecule has 44 valence electrons. The standard InChI is InChI=1S/C5H12O2/c1-3-4(2)5(6)7/h4-7H,3H2,1-2H3/t4-/m0/s1. The molecular formula is C5H12O2. The fourth-order valence-electron chi connectivity index (χ4n) is 0.211. The number of aliphatic hydroxyl groups excluding tert-OH is 1. The highest BCUT2D eigenvalue weighted by atomic mass is 16.5. The zero-order valence-corrected chi connectivity index (χ0v) is 4.76. The van der Waals surface area contributed by atoms with Gasteiger partial charge in [0.05, 0.1) is 0 Å². The lowest BCUT2D eigenvalue weighted by Gasteiger charge is -2.08. The van der Waals surface area contributed by atoms with Gasteiger partial charge in [0.2, 0.25) is 0 Å². The first-order valence-corrected chi connectivity index (χ1v) is 2.54. The molecule has 0 aromatic carbocycles. The van der Waals surface area contributed by atoms with Gasteiger partial charge < -0.3 is 10.2 Å². The van der Waals surface area contributed by atoms with Crippen LogP contribution < -0.4 is 0 Å². The summed E-state index contributed by atoms with van der Waals surface area (Å²) >= 11 is 0. The zero-order chi connectivity index (χ0) is 5.86. The number of aliphatic hydroxyl groups is 2. The summed E-state index contributed by atoms with van der Waals surface area (Å²) in [6, 6.07) is 0. The van der Waals surface area contributed by atoms with Crippen LogP contribution in [0, 0.1) is 5.92 Å². The van der Waals surface area contributed by atoms with Crippen LogP contribution in [0.15, 0.2) is 0 Å². The van der Waals surface area contributed by atoms with E-state index in [9.17, 15) is 0 Å². The first-order chi connectivity index (χ1) is 3.18. The monoisotopic (exact) mass is 104 g/mol. The smallest absolute Gasteiger partial charge is 0.154 e. The predicted octanol–water partition coefficient (Wildman–Crippen LogP) is 0.343. The van der Waals surface area contributed by atoms with E-state index >= 15 is 0 Å². The summed E-state index contributed by atoms with van der Waals surface area (Å²) in [6.45, 7) is 3.72. The molecule has 0 aromatic heterocycles. The number of rotatable bonds is 2. The van der Waals surface area contributed by atoms with Gasteiger partial charge in [0.25, 0.3) is 0 Å². The molecule has 0 aliphatic rings. The SMILES string of the molecule is CC[C@H](C)C(O)O. The molecule has 0 radical (unpaired) electrons. The number of hydrogen-bond donors (Lipinski definition) is 2. The maximum Gasteiger partial charge on any atom is 0.154 e. The van der Waals surface area contributed by atoms with Crippen molar-refractivity contribution in [2.45, 2.75) is 26.6 Å². The summed E-state index contributed by atoms with van der Waals surface area (Å²) in [5.41, 5.74) is 0. The van der Waals surface area contributed by atoms with E-state index in [1.165, 1.54) is 0 Å². The van der Waals surface area contributed by atoms with Crippen LogP contribution >= 0.6 is 0 Å². The van der Waals surface area contributed by atoms with E-state index in [4.69, 9.17) is 10.2 Å². The first kappa shape index (κ1) is 6.92. The van der Waals surface area contributed by atoms with Crippen molar-refractivity contribution in [3.8, 4) is 0 Å². The summed E-state index contributed by atoms with van der Waals surface area (Å²) < 4.78 is 0. The Morgan fingerprint density at radius 1 is 1.43 bits per heavy atom. The van der Waals surface area contributed by atoms with Gasteiger partial charge in [-0.15, -0.1) is 0 Å². The van der Waals surface area contributed by atoms with Crippen LogP contribution in [0.1, 0.15) is 20.3 Å². The van der Waals surface area contributed by atoms with Crippen LogP contribution in [0.5, 0.6) is 0 Å². The minimum absolute atomic E-state index is 0.0139. The van der Waals surface area contributed by atoms with Crippen molar-refractivity contribution in [2.24, 2.45) is 5.92 Å². The maximum absolute atomic E-state index is 8.38. The van der Waals surface area contributed by atoms with E-state index in [-0.39, 0.29) is 5.92 Å². The second kappa shape index (κ2) is 2.99. The molecule has 0 saturated heterocycles. The van der Waals surface area contributed by atoms with Crippen LogP contribution in [0.4, 0.5) is 0 Å². The molecule has 0 fully saturated rings. The van der Waals surface area contributed by atoms with Gasteiger partial charge in [0, 0.05) is 5.92 Å². The topological polar surface area (TPSA) is 40.5 Å². The van der Waals surface area contributed by atoms with Gasteiger partial charge in [-0.2, -0.15) is 0 Å².